The number of esters is 1. The van der Waals surface area contributed by atoms with Crippen molar-refractivity contribution in [1.82, 2.24) is 0 Å². The smallest absolute Gasteiger partial charge is 0.341 e. The maximum atomic E-state index is 13.5. The highest BCUT2D eigenvalue weighted by Crippen LogP contribution is 2.22. The number of halogens is 3. The zero-order chi connectivity index (χ0) is 14.7. The quantitative estimate of drug-likeness (QED) is 0.661. The van der Waals surface area contributed by atoms with Gasteiger partial charge in [0.1, 0.15) is 12.4 Å². The van der Waals surface area contributed by atoms with Crippen LogP contribution in [0.1, 0.15) is 15.9 Å². The van der Waals surface area contributed by atoms with Crippen LogP contribution in [0.15, 0.2) is 40.9 Å². The molecule has 0 atom stereocenters. The Kier molecular flexibility index (Phi) is 4.62. The lowest BCUT2D eigenvalue weighted by Gasteiger charge is -2.08. The van der Waals surface area contributed by atoms with E-state index in [1.807, 2.05) is 0 Å². The van der Waals surface area contributed by atoms with E-state index in [0.29, 0.717) is 10.6 Å². The van der Waals surface area contributed by atoms with Gasteiger partial charge >= 0.3 is 5.97 Å². The maximum absolute atomic E-state index is 13.5. The first-order valence-electron chi connectivity index (χ1n) is 5.63. The summed E-state index contributed by atoms with van der Waals surface area (Å²) in [6.45, 7) is -0.0330. The zero-order valence-electron chi connectivity index (χ0n) is 10.2. The number of nitrogen functional groups attached to an aromatic ring is 1. The highest BCUT2D eigenvalue weighted by atomic mass is 79.9. The van der Waals surface area contributed by atoms with Crippen LogP contribution in [0.5, 0.6) is 0 Å². The fraction of sp³-hybridized carbons (Fsp3) is 0.0714. The number of anilines is 1. The van der Waals surface area contributed by atoms with Gasteiger partial charge in [-0.3, -0.25) is 0 Å². The highest BCUT2D eigenvalue weighted by molar-refractivity contribution is 9.10. The second-order valence-corrected chi connectivity index (χ2v) is 5.37. The van der Waals surface area contributed by atoms with Gasteiger partial charge in [-0.1, -0.05) is 33.6 Å². The largest absolute Gasteiger partial charge is 0.457 e. The van der Waals surface area contributed by atoms with E-state index in [-0.39, 0.29) is 17.9 Å². The average Bonchev–Trinajstić information content (AvgIpc) is 2.37. The van der Waals surface area contributed by atoms with Crippen molar-refractivity contribution in [3.05, 3.63) is 62.8 Å². The Hall–Kier alpha value is -1.59. The molecule has 0 saturated heterocycles. The summed E-state index contributed by atoms with van der Waals surface area (Å²) >= 11 is 9.27. The number of rotatable bonds is 3. The molecule has 0 aliphatic rings. The third kappa shape index (κ3) is 3.49. The van der Waals surface area contributed by atoms with E-state index < -0.39 is 11.8 Å². The summed E-state index contributed by atoms with van der Waals surface area (Å²) in [5.74, 6) is -1.47. The van der Waals surface area contributed by atoms with Crippen LogP contribution in [0.2, 0.25) is 5.02 Å². The number of nitrogens with two attached hydrogens (primary N) is 1. The van der Waals surface area contributed by atoms with Gasteiger partial charge < -0.3 is 10.5 Å². The molecule has 0 unspecified atom stereocenters. The van der Waals surface area contributed by atoms with E-state index >= 15 is 0 Å². The van der Waals surface area contributed by atoms with Crippen molar-refractivity contribution in [2.75, 3.05) is 5.73 Å². The minimum atomic E-state index is -0.763. The molecular weight excluding hydrogens is 349 g/mol. The molecule has 0 spiro atoms. The fourth-order valence-electron chi connectivity index (χ4n) is 1.56. The predicted molar refractivity (Wildman–Crippen MR) is 79.1 cm³/mol. The number of carbonyl (C=O) groups excluding carboxylic acids is 1. The third-order valence-corrected chi connectivity index (χ3v) is 3.43. The highest BCUT2D eigenvalue weighted by Gasteiger charge is 2.14. The molecule has 0 fully saturated rings. The van der Waals surface area contributed by atoms with Crippen LogP contribution >= 0.6 is 27.5 Å². The van der Waals surface area contributed by atoms with E-state index in [0.717, 1.165) is 10.5 Å². The Bertz CT molecular complexity index is 664. The lowest BCUT2D eigenvalue weighted by Crippen LogP contribution is -2.08. The molecule has 0 amide bonds. The summed E-state index contributed by atoms with van der Waals surface area (Å²) in [5, 5.41) is 0.463. The minimum Gasteiger partial charge on any atom is -0.457 e. The Balaban J connectivity index is 2.08. The van der Waals surface area contributed by atoms with E-state index in [4.69, 9.17) is 22.1 Å². The topological polar surface area (TPSA) is 52.3 Å². The van der Waals surface area contributed by atoms with Gasteiger partial charge in [-0.25, -0.2) is 9.18 Å². The Morgan fingerprint density at radius 3 is 2.70 bits per heavy atom. The molecule has 0 heterocycles. The molecule has 2 aromatic carbocycles. The Morgan fingerprint density at radius 1 is 1.30 bits per heavy atom. The van der Waals surface area contributed by atoms with Gasteiger partial charge in [0.15, 0.2) is 0 Å². The van der Waals surface area contributed by atoms with Crippen LogP contribution in [-0.4, -0.2) is 5.97 Å². The van der Waals surface area contributed by atoms with Crippen molar-refractivity contribution in [2.24, 2.45) is 0 Å². The second-order valence-electron chi connectivity index (χ2n) is 4.05. The summed E-state index contributed by atoms with van der Waals surface area (Å²) in [5.41, 5.74) is 6.14. The van der Waals surface area contributed by atoms with E-state index in [9.17, 15) is 9.18 Å². The Labute approximate surface area is 128 Å². The Morgan fingerprint density at radius 2 is 2.05 bits per heavy atom. The maximum Gasteiger partial charge on any atom is 0.341 e. The fourth-order valence-corrected chi connectivity index (χ4v) is 2.28. The standard InChI is InChI=1S/C14H10BrClFNO2/c15-9-2-1-8(12(16)5-9)7-20-14(19)11-4-3-10(18)6-13(11)17/h1-6H,7,18H2. The van der Waals surface area contributed by atoms with Gasteiger partial charge in [-0.05, 0) is 30.3 Å². The van der Waals surface area contributed by atoms with Crippen LogP contribution in [-0.2, 0) is 11.3 Å². The molecule has 0 bridgehead atoms. The van der Waals surface area contributed by atoms with Gasteiger partial charge in [0, 0.05) is 20.7 Å². The number of ether oxygens (including phenoxy) is 1. The van der Waals surface area contributed by atoms with E-state index in [2.05, 4.69) is 15.9 Å². The van der Waals surface area contributed by atoms with E-state index in [1.54, 1.807) is 18.2 Å². The van der Waals surface area contributed by atoms with Gasteiger partial charge in [-0.2, -0.15) is 0 Å². The molecule has 0 saturated carbocycles. The van der Waals surface area contributed by atoms with Crippen molar-refractivity contribution in [3.63, 3.8) is 0 Å². The number of hydrogen-bond donors (Lipinski definition) is 1. The normalized spacial score (nSPS) is 10.3. The van der Waals surface area contributed by atoms with Crippen LogP contribution in [0.3, 0.4) is 0 Å². The van der Waals surface area contributed by atoms with Crippen LogP contribution in [0.25, 0.3) is 0 Å². The van der Waals surface area contributed by atoms with Crippen molar-refractivity contribution < 1.29 is 13.9 Å². The molecule has 3 nitrogen and oxygen atoms in total. The molecule has 2 N–H and O–H groups in total. The monoisotopic (exact) mass is 357 g/mol. The van der Waals surface area contributed by atoms with Crippen molar-refractivity contribution in [2.45, 2.75) is 6.61 Å². The molecule has 104 valence electrons. The van der Waals surface area contributed by atoms with Gasteiger partial charge in [0.05, 0.1) is 5.56 Å². The van der Waals surface area contributed by atoms with Crippen molar-refractivity contribution >= 4 is 39.2 Å². The molecule has 0 aliphatic heterocycles. The molecule has 2 aromatic rings. The zero-order valence-corrected chi connectivity index (χ0v) is 12.5. The molecular formula is C14H10BrClFNO2. The molecule has 2 rings (SSSR count). The minimum absolute atomic E-state index is 0.0330. The number of carbonyl (C=O) groups is 1. The number of hydrogen-bond acceptors (Lipinski definition) is 3. The van der Waals surface area contributed by atoms with E-state index in [1.165, 1.54) is 12.1 Å². The molecule has 0 aromatic heterocycles. The van der Waals surface area contributed by atoms with Crippen molar-refractivity contribution in [1.29, 1.82) is 0 Å². The van der Waals surface area contributed by atoms with Gasteiger partial charge in [0.25, 0.3) is 0 Å². The lowest BCUT2D eigenvalue weighted by molar-refractivity contribution is 0.0467. The third-order valence-electron chi connectivity index (χ3n) is 2.59. The van der Waals surface area contributed by atoms with Gasteiger partial charge in [0.2, 0.25) is 0 Å². The predicted octanol–water partition coefficient (Wildman–Crippen LogP) is 4.18. The van der Waals surface area contributed by atoms with Crippen molar-refractivity contribution in [3.8, 4) is 0 Å². The average molecular weight is 359 g/mol. The first-order chi connectivity index (χ1) is 9.47. The first-order valence-corrected chi connectivity index (χ1v) is 6.80. The van der Waals surface area contributed by atoms with Gasteiger partial charge in [-0.15, -0.1) is 0 Å². The molecule has 20 heavy (non-hydrogen) atoms. The van der Waals surface area contributed by atoms with Crippen LogP contribution in [0.4, 0.5) is 10.1 Å². The van der Waals surface area contributed by atoms with Crippen LogP contribution < -0.4 is 5.73 Å². The second kappa shape index (κ2) is 6.24. The SMILES string of the molecule is Nc1ccc(C(=O)OCc2ccc(Br)cc2Cl)c(F)c1. The summed E-state index contributed by atoms with van der Waals surface area (Å²) in [6.07, 6.45) is 0. The summed E-state index contributed by atoms with van der Waals surface area (Å²) in [6, 6.07) is 8.98. The summed E-state index contributed by atoms with van der Waals surface area (Å²) in [7, 11) is 0. The molecule has 6 heteroatoms. The first kappa shape index (κ1) is 14.8. The van der Waals surface area contributed by atoms with Crippen LogP contribution in [0, 0.1) is 5.82 Å². The molecule has 0 radical (unpaired) electrons. The summed E-state index contributed by atoms with van der Waals surface area (Å²) < 4.78 is 19.4. The lowest BCUT2D eigenvalue weighted by atomic mass is 10.2. The summed E-state index contributed by atoms with van der Waals surface area (Å²) in [4.78, 5) is 11.8. The number of benzene rings is 2. The molecule has 0 aliphatic carbocycles.